The van der Waals surface area contributed by atoms with E-state index in [0.29, 0.717) is 6.54 Å². The summed E-state index contributed by atoms with van der Waals surface area (Å²) < 4.78 is 0. The Bertz CT molecular complexity index is 184. The lowest BCUT2D eigenvalue weighted by atomic mass is 10.1. The SMILES string of the molecule is NCCCCNC(=O)C1CCC(N)C1. The van der Waals surface area contributed by atoms with Crippen molar-refractivity contribution in [2.75, 3.05) is 13.1 Å². The van der Waals surface area contributed by atoms with E-state index in [4.69, 9.17) is 11.5 Å². The van der Waals surface area contributed by atoms with E-state index >= 15 is 0 Å². The quantitative estimate of drug-likeness (QED) is 0.544. The molecule has 1 saturated carbocycles. The zero-order chi connectivity index (χ0) is 10.4. The molecule has 2 unspecified atom stereocenters. The van der Waals surface area contributed by atoms with Crippen LogP contribution in [0.25, 0.3) is 0 Å². The number of hydrogen-bond acceptors (Lipinski definition) is 3. The molecule has 4 nitrogen and oxygen atoms in total. The lowest BCUT2D eigenvalue weighted by Crippen LogP contribution is -2.31. The Morgan fingerprint density at radius 1 is 1.36 bits per heavy atom. The van der Waals surface area contributed by atoms with Gasteiger partial charge in [0.15, 0.2) is 0 Å². The summed E-state index contributed by atoms with van der Waals surface area (Å²) in [5, 5.41) is 2.93. The second-order valence-corrected chi connectivity index (χ2v) is 4.06. The predicted octanol–water partition coefficient (Wildman–Crippen LogP) is -0.0311. The normalized spacial score (nSPS) is 26.4. The average molecular weight is 199 g/mol. The molecule has 0 bridgehead atoms. The third-order valence-corrected chi connectivity index (χ3v) is 2.77. The van der Waals surface area contributed by atoms with Crippen molar-refractivity contribution in [3.8, 4) is 0 Å². The van der Waals surface area contributed by atoms with E-state index in [1.54, 1.807) is 0 Å². The van der Waals surface area contributed by atoms with Crippen molar-refractivity contribution in [2.24, 2.45) is 17.4 Å². The van der Waals surface area contributed by atoms with Crippen molar-refractivity contribution >= 4 is 5.91 Å². The summed E-state index contributed by atoms with van der Waals surface area (Å²) in [6, 6.07) is 0.231. The molecule has 1 fully saturated rings. The first-order valence-electron chi connectivity index (χ1n) is 5.47. The summed E-state index contributed by atoms with van der Waals surface area (Å²) in [7, 11) is 0. The Kier molecular flexibility index (Phi) is 4.90. The summed E-state index contributed by atoms with van der Waals surface area (Å²) in [4.78, 5) is 11.6. The maximum Gasteiger partial charge on any atom is 0.223 e. The van der Waals surface area contributed by atoms with E-state index < -0.39 is 0 Å². The van der Waals surface area contributed by atoms with Crippen LogP contribution in [-0.4, -0.2) is 25.0 Å². The van der Waals surface area contributed by atoms with E-state index in [0.717, 1.165) is 38.6 Å². The molecule has 0 spiro atoms. The lowest BCUT2D eigenvalue weighted by molar-refractivity contribution is -0.124. The highest BCUT2D eigenvalue weighted by Crippen LogP contribution is 2.23. The van der Waals surface area contributed by atoms with Gasteiger partial charge in [0, 0.05) is 18.5 Å². The van der Waals surface area contributed by atoms with Crippen molar-refractivity contribution in [1.29, 1.82) is 0 Å². The Morgan fingerprint density at radius 2 is 2.14 bits per heavy atom. The number of carbonyl (C=O) groups is 1. The average Bonchev–Trinajstić information content (AvgIpc) is 2.59. The van der Waals surface area contributed by atoms with Gasteiger partial charge in [0.1, 0.15) is 0 Å². The van der Waals surface area contributed by atoms with Crippen molar-refractivity contribution in [2.45, 2.75) is 38.1 Å². The molecule has 0 radical (unpaired) electrons. The minimum absolute atomic E-state index is 0.155. The minimum atomic E-state index is 0.155. The van der Waals surface area contributed by atoms with E-state index in [1.807, 2.05) is 0 Å². The van der Waals surface area contributed by atoms with Crippen LogP contribution in [0.1, 0.15) is 32.1 Å². The largest absolute Gasteiger partial charge is 0.356 e. The molecule has 82 valence electrons. The molecule has 2 atom stereocenters. The molecule has 0 aromatic rings. The molecular formula is C10H21N3O. The number of carbonyl (C=O) groups excluding carboxylic acids is 1. The number of unbranched alkanes of at least 4 members (excludes halogenated alkanes) is 1. The number of amides is 1. The Labute approximate surface area is 85.4 Å². The zero-order valence-electron chi connectivity index (χ0n) is 8.67. The monoisotopic (exact) mass is 199 g/mol. The summed E-state index contributed by atoms with van der Waals surface area (Å²) in [6.07, 6.45) is 4.74. The molecule has 1 rings (SSSR count). The molecule has 0 heterocycles. The van der Waals surface area contributed by atoms with Gasteiger partial charge in [-0.1, -0.05) is 0 Å². The van der Waals surface area contributed by atoms with Crippen LogP contribution in [0.4, 0.5) is 0 Å². The number of nitrogens with two attached hydrogens (primary N) is 2. The topological polar surface area (TPSA) is 81.1 Å². The van der Waals surface area contributed by atoms with Gasteiger partial charge in [-0.2, -0.15) is 0 Å². The Balaban J connectivity index is 2.09. The summed E-state index contributed by atoms with van der Waals surface area (Å²) >= 11 is 0. The first-order valence-corrected chi connectivity index (χ1v) is 5.47. The van der Waals surface area contributed by atoms with Crippen molar-refractivity contribution in [3.63, 3.8) is 0 Å². The van der Waals surface area contributed by atoms with Crippen LogP contribution in [0.15, 0.2) is 0 Å². The Hall–Kier alpha value is -0.610. The van der Waals surface area contributed by atoms with Gasteiger partial charge >= 0.3 is 0 Å². The highest BCUT2D eigenvalue weighted by molar-refractivity contribution is 5.78. The summed E-state index contributed by atoms with van der Waals surface area (Å²) in [5.41, 5.74) is 11.1. The van der Waals surface area contributed by atoms with Crippen LogP contribution < -0.4 is 16.8 Å². The fourth-order valence-electron chi connectivity index (χ4n) is 1.88. The maximum atomic E-state index is 11.6. The van der Waals surface area contributed by atoms with Crippen molar-refractivity contribution in [1.82, 2.24) is 5.32 Å². The Morgan fingerprint density at radius 3 is 2.71 bits per heavy atom. The van der Waals surface area contributed by atoms with Gasteiger partial charge in [-0.3, -0.25) is 4.79 Å². The molecule has 5 N–H and O–H groups in total. The van der Waals surface area contributed by atoms with Crippen LogP contribution in [0, 0.1) is 5.92 Å². The van der Waals surface area contributed by atoms with Crippen molar-refractivity contribution < 1.29 is 4.79 Å². The van der Waals surface area contributed by atoms with Gasteiger partial charge in [-0.25, -0.2) is 0 Å². The first kappa shape index (κ1) is 11.5. The molecule has 0 aromatic carbocycles. The van der Waals surface area contributed by atoms with Gasteiger partial charge in [0.25, 0.3) is 0 Å². The van der Waals surface area contributed by atoms with Gasteiger partial charge in [0.2, 0.25) is 5.91 Å². The first-order chi connectivity index (χ1) is 6.74. The highest BCUT2D eigenvalue weighted by atomic mass is 16.1. The summed E-state index contributed by atoms with van der Waals surface area (Å²) in [5.74, 6) is 0.331. The molecule has 1 amide bonds. The van der Waals surface area contributed by atoms with Crippen molar-refractivity contribution in [3.05, 3.63) is 0 Å². The fourth-order valence-corrected chi connectivity index (χ4v) is 1.88. The van der Waals surface area contributed by atoms with Gasteiger partial charge in [-0.05, 0) is 38.6 Å². The summed E-state index contributed by atoms with van der Waals surface area (Å²) in [6.45, 7) is 1.45. The zero-order valence-corrected chi connectivity index (χ0v) is 8.67. The highest BCUT2D eigenvalue weighted by Gasteiger charge is 2.27. The predicted molar refractivity (Wildman–Crippen MR) is 56.6 cm³/mol. The van der Waals surface area contributed by atoms with Gasteiger partial charge in [0.05, 0.1) is 0 Å². The molecular weight excluding hydrogens is 178 g/mol. The minimum Gasteiger partial charge on any atom is -0.356 e. The van der Waals surface area contributed by atoms with Gasteiger partial charge in [-0.15, -0.1) is 0 Å². The number of nitrogens with one attached hydrogen (secondary N) is 1. The van der Waals surface area contributed by atoms with Crippen LogP contribution >= 0.6 is 0 Å². The number of hydrogen-bond donors (Lipinski definition) is 3. The van der Waals surface area contributed by atoms with E-state index in [1.165, 1.54) is 0 Å². The van der Waals surface area contributed by atoms with E-state index in [-0.39, 0.29) is 17.9 Å². The third-order valence-electron chi connectivity index (χ3n) is 2.77. The lowest BCUT2D eigenvalue weighted by Gasteiger charge is -2.10. The molecule has 1 aliphatic carbocycles. The van der Waals surface area contributed by atoms with Gasteiger partial charge < -0.3 is 16.8 Å². The van der Waals surface area contributed by atoms with Crippen LogP contribution in [0.2, 0.25) is 0 Å². The molecule has 4 heteroatoms. The smallest absolute Gasteiger partial charge is 0.223 e. The molecule has 0 aromatic heterocycles. The second kappa shape index (κ2) is 5.98. The fraction of sp³-hybridized carbons (Fsp3) is 0.900. The van der Waals surface area contributed by atoms with E-state index in [9.17, 15) is 4.79 Å². The van der Waals surface area contributed by atoms with Crippen LogP contribution in [-0.2, 0) is 4.79 Å². The molecule has 1 aliphatic rings. The standard InChI is InChI=1S/C10H21N3O/c11-5-1-2-6-13-10(14)8-3-4-9(12)7-8/h8-9H,1-7,11-12H2,(H,13,14). The van der Waals surface area contributed by atoms with Crippen LogP contribution in [0.5, 0.6) is 0 Å². The third kappa shape index (κ3) is 3.64. The molecule has 0 saturated heterocycles. The number of rotatable bonds is 5. The van der Waals surface area contributed by atoms with E-state index in [2.05, 4.69) is 5.32 Å². The second-order valence-electron chi connectivity index (χ2n) is 4.06. The molecule has 0 aliphatic heterocycles. The molecule has 14 heavy (non-hydrogen) atoms. The maximum absolute atomic E-state index is 11.6. The van der Waals surface area contributed by atoms with Crippen LogP contribution in [0.3, 0.4) is 0 Å².